The third-order valence-electron chi connectivity index (χ3n) is 2.90. The van der Waals surface area contributed by atoms with Gasteiger partial charge >= 0.3 is 0 Å². The molecule has 0 spiro atoms. The minimum atomic E-state index is 0.846. The van der Waals surface area contributed by atoms with E-state index in [1.807, 2.05) is 12.1 Å². The lowest BCUT2D eigenvalue weighted by Gasteiger charge is -2.17. The maximum atomic E-state index is 5.35. The summed E-state index contributed by atoms with van der Waals surface area (Å²) in [6.07, 6.45) is 3.43. The van der Waals surface area contributed by atoms with Crippen molar-refractivity contribution in [1.82, 2.24) is 5.16 Å². The maximum Gasteiger partial charge on any atom is 0.127 e. The number of nitrogens with zero attached hydrogens (tertiary/aromatic N) is 1. The van der Waals surface area contributed by atoms with Crippen LogP contribution < -0.4 is 4.74 Å². The molecule has 1 heterocycles. The van der Waals surface area contributed by atoms with E-state index >= 15 is 0 Å². The molecular formula is C12H11NO2. The number of hydrogen-bond acceptors (Lipinski definition) is 3. The average molecular weight is 201 g/mol. The predicted molar refractivity (Wildman–Crippen MR) is 55.1 cm³/mol. The van der Waals surface area contributed by atoms with Gasteiger partial charge in [-0.3, -0.25) is 0 Å². The summed E-state index contributed by atoms with van der Waals surface area (Å²) in [4.78, 5) is 0. The van der Waals surface area contributed by atoms with Gasteiger partial charge in [-0.15, -0.1) is 0 Å². The van der Waals surface area contributed by atoms with Crippen molar-refractivity contribution >= 4 is 0 Å². The van der Waals surface area contributed by atoms with Crippen LogP contribution in [0.2, 0.25) is 0 Å². The Morgan fingerprint density at radius 3 is 3.07 bits per heavy atom. The number of fused-ring (bicyclic) bond motifs is 2. The first-order valence-corrected chi connectivity index (χ1v) is 4.95. The zero-order valence-corrected chi connectivity index (χ0v) is 8.49. The van der Waals surface area contributed by atoms with Crippen molar-refractivity contribution in [2.75, 3.05) is 7.11 Å². The molecular weight excluding hydrogens is 190 g/mol. The van der Waals surface area contributed by atoms with Gasteiger partial charge in [-0.05, 0) is 11.6 Å². The highest BCUT2D eigenvalue weighted by Gasteiger charge is 2.20. The van der Waals surface area contributed by atoms with Crippen molar-refractivity contribution in [3.8, 4) is 5.75 Å². The molecule has 2 aromatic rings. The zero-order valence-electron chi connectivity index (χ0n) is 8.49. The molecule has 0 unspecified atom stereocenters. The molecule has 0 saturated heterocycles. The van der Waals surface area contributed by atoms with E-state index in [2.05, 4.69) is 11.2 Å². The number of aromatic nitrogens is 1. The van der Waals surface area contributed by atoms with Gasteiger partial charge in [0, 0.05) is 24.0 Å². The lowest BCUT2D eigenvalue weighted by atomic mass is 9.90. The van der Waals surface area contributed by atoms with Crippen LogP contribution in [0, 0.1) is 0 Å². The van der Waals surface area contributed by atoms with Crippen molar-refractivity contribution in [2.45, 2.75) is 12.8 Å². The van der Waals surface area contributed by atoms with Crippen molar-refractivity contribution in [3.63, 3.8) is 0 Å². The van der Waals surface area contributed by atoms with Crippen LogP contribution >= 0.6 is 0 Å². The Morgan fingerprint density at radius 1 is 1.27 bits per heavy atom. The fourth-order valence-electron chi connectivity index (χ4n) is 2.11. The van der Waals surface area contributed by atoms with Crippen molar-refractivity contribution in [3.05, 3.63) is 46.8 Å². The number of rotatable bonds is 1. The molecule has 0 radical (unpaired) electrons. The molecule has 3 nitrogen and oxygen atoms in total. The summed E-state index contributed by atoms with van der Waals surface area (Å²) < 4.78 is 10.3. The molecule has 0 N–H and O–H groups in total. The normalized spacial score (nSPS) is 13.1. The average Bonchev–Trinajstić information content (AvgIpc) is 2.72. The van der Waals surface area contributed by atoms with Crippen LogP contribution in [-0.4, -0.2) is 12.3 Å². The van der Waals surface area contributed by atoms with Crippen molar-refractivity contribution in [1.29, 1.82) is 0 Å². The summed E-state index contributed by atoms with van der Waals surface area (Å²) in [6.45, 7) is 0. The van der Waals surface area contributed by atoms with Crippen LogP contribution in [0.4, 0.5) is 0 Å². The molecule has 1 aromatic carbocycles. The molecule has 15 heavy (non-hydrogen) atoms. The van der Waals surface area contributed by atoms with E-state index in [4.69, 9.17) is 9.26 Å². The molecule has 1 aliphatic rings. The van der Waals surface area contributed by atoms with Gasteiger partial charge in [-0.1, -0.05) is 17.3 Å². The molecule has 0 fully saturated rings. The predicted octanol–water partition coefficient (Wildman–Crippen LogP) is 2.18. The van der Waals surface area contributed by atoms with Crippen LogP contribution in [0.25, 0.3) is 0 Å². The molecule has 0 aliphatic heterocycles. The van der Waals surface area contributed by atoms with E-state index in [1.54, 1.807) is 13.4 Å². The number of benzene rings is 1. The van der Waals surface area contributed by atoms with Crippen molar-refractivity contribution < 1.29 is 9.26 Å². The first kappa shape index (κ1) is 8.53. The van der Waals surface area contributed by atoms with Gasteiger partial charge in [-0.2, -0.15) is 0 Å². The fourth-order valence-corrected chi connectivity index (χ4v) is 2.11. The quantitative estimate of drug-likeness (QED) is 0.605. The van der Waals surface area contributed by atoms with Gasteiger partial charge in [0.1, 0.15) is 12.0 Å². The summed E-state index contributed by atoms with van der Waals surface area (Å²) in [6, 6.07) is 6.13. The number of ether oxygens (including phenoxy) is 1. The molecule has 3 heteroatoms. The maximum absolute atomic E-state index is 5.35. The monoisotopic (exact) mass is 201 g/mol. The largest absolute Gasteiger partial charge is 0.496 e. The summed E-state index contributed by atoms with van der Waals surface area (Å²) in [5.41, 5.74) is 4.77. The van der Waals surface area contributed by atoms with Gasteiger partial charge in [0.25, 0.3) is 0 Å². The molecule has 0 atom stereocenters. The van der Waals surface area contributed by atoms with Gasteiger partial charge in [0.05, 0.1) is 12.8 Å². The summed E-state index contributed by atoms with van der Waals surface area (Å²) >= 11 is 0. The van der Waals surface area contributed by atoms with Crippen molar-refractivity contribution in [2.24, 2.45) is 0 Å². The lowest BCUT2D eigenvalue weighted by Crippen LogP contribution is -2.07. The van der Waals surface area contributed by atoms with E-state index < -0.39 is 0 Å². The second kappa shape index (κ2) is 3.12. The third kappa shape index (κ3) is 1.23. The fraction of sp³-hybridized carbons (Fsp3) is 0.250. The molecule has 1 aliphatic carbocycles. The second-order valence-electron chi connectivity index (χ2n) is 3.74. The van der Waals surface area contributed by atoms with E-state index in [0.29, 0.717) is 0 Å². The zero-order chi connectivity index (χ0) is 10.3. The number of hydrogen-bond donors (Lipinski definition) is 0. The van der Waals surface area contributed by atoms with E-state index in [-0.39, 0.29) is 0 Å². The van der Waals surface area contributed by atoms with Crippen LogP contribution in [0.1, 0.15) is 22.4 Å². The Bertz CT molecular complexity index is 502. The Balaban J connectivity index is 2.13. The third-order valence-corrected chi connectivity index (χ3v) is 2.90. The Hall–Kier alpha value is -1.77. The molecule has 0 saturated carbocycles. The van der Waals surface area contributed by atoms with Crippen LogP contribution in [0.5, 0.6) is 5.75 Å². The van der Waals surface area contributed by atoms with E-state index in [1.165, 1.54) is 16.7 Å². The highest BCUT2D eigenvalue weighted by molar-refractivity contribution is 5.48. The molecule has 3 rings (SSSR count). The molecule has 76 valence electrons. The van der Waals surface area contributed by atoms with Gasteiger partial charge in [0.15, 0.2) is 0 Å². The topological polar surface area (TPSA) is 35.3 Å². The minimum absolute atomic E-state index is 0.846. The summed E-state index contributed by atoms with van der Waals surface area (Å²) in [7, 11) is 1.71. The standard InChI is InChI=1S/C12H11NO2/c1-14-12-4-2-3-8-6-11-9(5-10(8)12)7-15-13-11/h2-4,7H,5-6H2,1H3. The van der Waals surface area contributed by atoms with E-state index in [9.17, 15) is 0 Å². The van der Waals surface area contributed by atoms with Crippen LogP contribution in [0.15, 0.2) is 29.0 Å². The minimum Gasteiger partial charge on any atom is -0.496 e. The van der Waals surface area contributed by atoms with Gasteiger partial charge in [-0.25, -0.2) is 0 Å². The molecule has 0 bridgehead atoms. The smallest absolute Gasteiger partial charge is 0.127 e. The lowest BCUT2D eigenvalue weighted by molar-refractivity contribution is 0.409. The van der Waals surface area contributed by atoms with Crippen LogP contribution in [0.3, 0.4) is 0 Å². The summed E-state index contributed by atoms with van der Waals surface area (Å²) in [5.74, 6) is 0.958. The first-order valence-electron chi connectivity index (χ1n) is 4.95. The summed E-state index contributed by atoms with van der Waals surface area (Å²) in [5, 5.41) is 4.00. The SMILES string of the molecule is COc1cccc2c1Cc1conc1C2. The highest BCUT2D eigenvalue weighted by atomic mass is 16.5. The molecule has 0 amide bonds. The Morgan fingerprint density at radius 2 is 2.20 bits per heavy atom. The highest BCUT2D eigenvalue weighted by Crippen LogP contribution is 2.32. The van der Waals surface area contributed by atoms with Gasteiger partial charge in [0.2, 0.25) is 0 Å². The number of methoxy groups -OCH3 is 1. The molecule has 1 aromatic heterocycles. The van der Waals surface area contributed by atoms with Crippen LogP contribution in [-0.2, 0) is 12.8 Å². The first-order chi connectivity index (χ1) is 7.38. The van der Waals surface area contributed by atoms with Gasteiger partial charge < -0.3 is 9.26 Å². The van der Waals surface area contributed by atoms with E-state index in [0.717, 1.165) is 24.3 Å². The second-order valence-corrected chi connectivity index (χ2v) is 3.74. The Kier molecular flexibility index (Phi) is 1.78. The Labute approximate surface area is 87.7 Å².